The molecule has 0 fully saturated rings. The Bertz CT molecular complexity index is 880. The maximum absolute atomic E-state index is 12.1. The summed E-state index contributed by atoms with van der Waals surface area (Å²) < 4.78 is 10.4. The summed E-state index contributed by atoms with van der Waals surface area (Å²) >= 11 is 0. The second kappa shape index (κ2) is 6.95. The Labute approximate surface area is 139 Å². The lowest BCUT2D eigenvalue weighted by molar-refractivity contribution is 0.0595. The van der Waals surface area contributed by atoms with E-state index in [9.17, 15) is 4.79 Å². The summed E-state index contributed by atoms with van der Waals surface area (Å²) in [5.74, 6) is 0.447. The maximum atomic E-state index is 12.1. The van der Waals surface area contributed by atoms with Gasteiger partial charge in [-0.15, -0.1) is 0 Å². The minimum absolute atomic E-state index is 0.127. The molecular formula is C18H17N3O3. The molecule has 1 heterocycles. The standard InChI is InChI=1S/C18H17N3O3/c1-3-24-15-11-7-6-10-14(15)21-17-16(18(22)23-2)19-12-8-4-5-9-13(12)20-17/h4-11H,3H2,1-2H3,(H,20,21). The highest BCUT2D eigenvalue weighted by Crippen LogP contribution is 2.28. The van der Waals surface area contributed by atoms with Gasteiger partial charge in [-0.25, -0.2) is 14.8 Å². The molecular weight excluding hydrogens is 306 g/mol. The van der Waals surface area contributed by atoms with Crippen LogP contribution in [0.4, 0.5) is 11.5 Å². The Kier molecular flexibility index (Phi) is 4.56. The number of para-hydroxylation sites is 4. The van der Waals surface area contributed by atoms with Crippen molar-refractivity contribution < 1.29 is 14.3 Å². The van der Waals surface area contributed by atoms with Gasteiger partial charge in [0, 0.05) is 0 Å². The van der Waals surface area contributed by atoms with Gasteiger partial charge in [-0.1, -0.05) is 24.3 Å². The van der Waals surface area contributed by atoms with Gasteiger partial charge in [0.15, 0.2) is 11.5 Å². The summed E-state index contributed by atoms with van der Waals surface area (Å²) in [7, 11) is 1.32. The molecule has 0 atom stereocenters. The zero-order valence-corrected chi connectivity index (χ0v) is 13.4. The molecule has 0 bridgehead atoms. The van der Waals surface area contributed by atoms with Crippen molar-refractivity contribution in [3.63, 3.8) is 0 Å². The lowest BCUT2D eigenvalue weighted by atomic mass is 10.2. The summed E-state index contributed by atoms with van der Waals surface area (Å²) in [5, 5.41) is 3.13. The third kappa shape index (κ3) is 3.12. The Morgan fingerprint density at radius 3 is 2.42 bits per heavy atom. The van der Waals surface area contributed by atoms with Crippen molar-refractivity contribution in [1.82, 2.24) is 9.97 Å². The van der Waals surface area contributed by atoms with Crippen molar-refractivity contribution in [2.75, 3.05) is 19.0 Å². The fourth-order valence-corrected chi connectivity index (χ4v) is 2.31. The highest BCUT2D eigenvalue weighted by Gasteiger charge is 2.18. The predicted molar refractivity (Wildman–Crippen MR) is 91.8 cm³/mol. The quantitative estimate of drug-likeness (QED) is 0.724. The Morgan fingerprint density at radius 1 is 1.04 bits per heavy atom. The Morgan fingerprint density at radius 2 is 1.71 bits per heavy atom. The first kappa shape index (κ1) is 15.7. The molecule has 0 spiro atoms. The van der Waals surface area contributed by atoms with E-state index in [2.05, 4.69) is 15.3 Å². The van der Waals surface area contributed by atoms with E-state index in [1.807, 2.05) is 49.4 Å². The van der Waals surface area contributed by atoms with E-state index in [0.717, 1.165) is 0 Å². The van der Waals surface area contributed by atoms with Gasteiger partial charge in [0.1, 0.15) is 5.75 Å². The molecule has 3 aromatic rings. The van der Waals surface area contributed by atoms with E-state index in [-0.39, 0.29) is 5.69 Å². The van der Waals surface area contributed by atoms with Gasteiger partial charge in [0.05, 0.1) is 30.4 Å². The van der Waals surface area contributed by atoms with Gasteiger partial charge >= 0.3 is 5.97 Å². The number of carbonyl (C=O) groups excluding carboxylic acids is 1. The lowest BCUT2D eigenvalue weighted by Gasteiger charge is -2.14. The van der Waals surface area contributed by atoms with Crippen LogP contribution in [0, 0.1) is 0 Å². The number of carbonyl (C=O) groups is 1. The number of anilines is 2. The van der Waals surface area contributed by atoms with Crippen molar-refractivity contribution >= 4 is 28.5 Å². The monoisotopic (exact) mass is 323 g/mol. The van der Waals surface area contributed by atoms with Crippen molar-refractivity contribution in [1.29, 1.82) is 0 Å². The van der Waals surface area contributed by atoms with Crippen molar-refractivity contribution in [3.8, 4) is 5.75 Å². The first-order chi connectivity index (χ1) is 11.7. The minimum Gasteiger partial charge on any atom is -0.492 e. The highest BCUT2D eigenvalue weighted by molar-refractivity contribution is 5.96. The minimum atomic E-state index is -0.551. The van der Waals surface area contributed by atoms with E-state index >= 15 is 0 Å². The molecule has 24 heavy (non-hydrogen) atoms. The van der Waals surface area contributed by atoms with Gasteiger partial charge in [-0.3, -0.25) is 0 Å². The van der Waals surface area contributed by atoms with Gasteiger partial charge in [-0.05, 0) is 31.2 Å². The molecule has 1 N–H and O–H groups in total. The van der Waals surface area contributed by atoms with Gasteiger partial charge in [0.2, 0.25) is 0 Å². The van der Waals surface area contributed by atoms with Crippen LogP contribution in [0.15, 0.2) is 48.5 Å². The molecule has 1 aromatic heterocycles. The molecule has 0 aliphatic rings. The fraction of sp³-hybridized carbons (Fsp3) is 0.167. The number of fused-ring (bicyclic) bond motifs is 1. The number of aromatic nitrogens is 2. The van der Waals surface area contributed by atoms with Gasteiger partial charge in [-0.2, -0.15) is 0 Å². The van der Waals surface area contributed by atoms with Crippen LogP contribution in [-0.4, -0.2) is 29.7 Å². The fourth-order valence-electron chi connectivity index (χ4n) is 2.31. The number of methoxy groups -OCH3 is 1. The smallest absolute Gasteiger partial charge is 0.360 e. The topological polar surface area (TPSA) is 73.3 Å². The summed E-state index contributed by atoms with van der Waals surface area (Å²) in [5.41, 5.74) is 2.14. The average molecular weight is 323 g/mol. The van der Waals surface area contributed by atoms with Crippen molar-refractivity contribution in [3.05, 3.63) is 54.2 Å². The van der Waals surface area contributed by atoms with Crippen molar-refractivity contribution in [2.45, 2.75) is 6.92 Å². The third-order valence-electron chi connectivity index (χ3n) is 3.39. The molecule has 0 saturated carbocycles. The predicted octanol–water partition coefficient (Wildman–Crippen LogP) is 3.56. The summed E-state index contributed by atoms with van der Waals surface area (Å²) in [4.78, 5) is 21.0. The Hall–Kier alpha value is -3.15. The van der Waals surface area contributed by atoms with E-state index < -0.39 is 5.97 Å². The third-order valence-corrected chi connectivity index (χ3v) is 3.39. The first-order valence-corrected chi connectivity index (χ1v) is 7.57. The molecule has 0 unspecified atom stereocenters. The molecule has 6 heteroatoms. The number of ether oxygens (including phenoxy) is 2. The van der Waals surface area contributed by atoms with Crippen LogP contribution in [-0.2, 0) is 4.74 Å². The number of hydrogen-bond donors (Lipinski definition) is 1. The molecule has 6 nitrogen and oxygen atoms in total. The second-order valence-electron chi connectivity index (χ2n) is 4.96. The number of benzene rings is 2. The number of nitrogens with zero attached hydrogens (tertiary/aromatic N) is 2. The molecule has 0 saturated heterocycles. The first-order valence-electron chi connectivity index (χ1n) is 7.57. The zero-order chi connectivity index (χ0) is 16.9. The number of rotatable bonds is 5. The van der Waals surface area contributed by atoms with E-state index in [0.29, 0.717) is 34.9 Å². The van der Waals surface area contributed by atoms with Crippen molar-refractivity contribution in [2.24, 2.45) is 0 Å². The van der Waals surface area contributed by atoms with Crippen LogP contribution < -0.4 is 10.1 Å². The second-order valence-corrected chi connectivity index (χ2v) is 4.96. The molecule has 3 rings (SSSR count). The highest BCUT2D eigenvalue weighted by atomic mass is 16.5. The van der Waals surface area contributed by atoms with E-state index in [4.69, 9.17) is 9.47 Å². The number of hydrogen-bond acceptors (Lipinski definition) is 6. The average Bonchev–Trinajstić information content (AvgIpc) is 2.62. The molecule has 122 valence electrons. The van der Waals surface area contributed by atoms with Gasteiger partial charge in [0.25, 0.3) is 0 Å². The Balaban J connectivity index is 2.09. The maximum Gasteiger partial charge on any atom is 0.360 e. The largest absolute Gasteiger partial charge is 0.492 e. The van der Waals surface area contributed by atoms with Crippen LogP contribution in [0.1, 0.15) is 17.4 Å². The number of nitrogens with one attached hydrogen (secondary N) is 1. The van der Waals surface area contributed by atoms with E-state index in [1.54, 1.807) is 6.07 Å². The van der Waals surface area contributed by atoms with Crippen LogP contribution >= 0.6 is 0 Å². The molecule has 0 aliphatic carbocycles. The normalized spacial score (nSPS) is 10.4. The number of esters is 1. The van der Waals surface area contributed by atoms with Crippen LogP contribution in [0.2, 0.25) is 0 Å². The zero-order valence-electron chi connectivity index (χ0n) is 13.4. The molecule has 0 radical (unpaired) electrons. The molecule has 0 amide bonds. The molecule has 0 aliphatic heterocycles. The summed E-state index contributed by atoms with van der Waals surface area (Å²) in [6.45, 7) is 2.44. The van der Waals surface area contributed by atoms with Crippen LogP contribution in [0.5, 0.6) is 5.75 Å². The summed E-state index contributed by atoms with van der Waals surface area (Å²) in [6.07, 6.45) is 0. The summed E-state index contributed by atoms with van der Waals surface area (Å²) in [6, 6.07) is 14.8. The van der Waals surface area contributed by atoms with E-state index in [1.165, 1.54) is 7.11 Å². The SMILES string of the molecule is CCOc1ccccc1Nc1nc2ccccc2nc1C(=O)OC. The lowest BCUT2D eigenvalue weighted by Crippen LogP contribution is -2.11. The van der Waals surface area contributed by atoms with Crippen LogP contribution in [0.3, 0.4) is 0 Å². The van der Waals surface area contributed by atoms with Crippen LogP contribution in [0.25, 0.3) is 11.0 Å². The molecule has 2 aromatic carbocycles. The van der Waals surface area contributed by atoms with Gasteiger partial charge < -0.3 is 14.8 Å².